The monoisotopic (exact) mass is 440 g/mol. The topological polar surface area (TPSA) is 140 Å². The molecule has 0 aliphatic rings. The zero-order chi connectivity index (χ0) is 23.3. The van der Waals surface area contributed by atoms with E-state index in [1.807, 2.05) is 19.1 Å². The van der Waals surface area contributed by atoms with Gasteiger partial charge in [0.25, 0.3) is 5.91 Å². The molecule has 2 aromatic heterocycles. The fourth-order valence-corrected chi connectivity index (χ4v) is 3.04. The lowest BCUT2D eigenvalue weighted by Gasteiger charge is -2.23. The number of hydrazine groups is 1. The number of amides is 1. The number of amidine groups is 1. The average Bonchev–Trinajstić information content (AvgIpc) is 2.81. The van der Waals surface area contributed by atoms with Crippen LogP contribution in [-0.4, -0.2) is 33.2 Å². The van der Waals surface area contributed by atoms with E-state index in [4.69, 9.17) is 17.4 Å². The van der Waals surface area contributed by atoms with E-state index in [-0.39, 0.29) is 34.4 Å². The van der Waals surface area contributed by atoms with Gasteiger partial charge in [-0.05, 0) is 42.8 Å². The molecular weight excluding hydrogens is 418 g/mol. The number of nitrogen functional groups attached to an aromatic ring is 1. The Morgan fingerprint density at radius 3 is 2.56 bits per heavy atom. The first kappa shape index (κ1) is 22.6. The van der Waals surface area contributed by atoms with Crippen molar-refractivity contribution in [1.29, 1.82) is 0 Å². The van der Waals surface area contributed by atoms with Gasteiger partial charge in [-0.3, -0.25) is 14.8 Å². The van der Waals surface area contributed by atoms with Gasteiger partial charge >= 0.3 is 0 Å². The number of carbonyl (C=O) groups excluding carboxylic acids is 1. The largest absolute Gasteiger partial charge is 0.383 e. The number of carbonyl (C=O) groups is 1. The fraction of sp³-hybridized carbons (Fsp3) is 0.143. The lowest BCUT2D eigenvalue weighted by molar-refractivity contribution is 0.0752. The minimum atomic E-state index is -1.19. The molecule has 166 valence electrons. The second-order valence-electron chi connectivity index (χ2n) is 6.73. The molecule has 0 aliphatic heterocycles. The third kappa shape index (κ3) is 4.62. The molecule has 0 unspecified atom stereocenters. The molecule has 0 spiro atoms. The number of nitrogens with zero attached hydrogens (tertiary/aromatic N) is 5. The summed E-state index contributed by atoms with van der Waals surface area (Å²) >= 11 is 0. The third-order valence-corrected chi connectivity index (χ3v) is 4.74. The summed E-state index contributed by atoms with van der Waals surface area (Å²) in [5, 5.41) is 4.32. The average molecular weight is 440 g/mol. The number of aromatic nitrogens is 2. The Labute approximate surface area is 183 Å². The predicted molar refractivity (Wildman–Crippen MR) is 117 cm³/mol. The van der Waals surface area contributed by atoms with Gasteiger partial charge in [0.15, 0.2) is 17.5 Å². The van der Waals surface area contributed by atoms with Crippen molar-refractivity contribution in [3.63, 3.8) is 0 Å². The number of benzene rings is 1. The fourth-order valence-electron chi connectivity index (χ4n) is 3.04. The minimum absolute atomic E-state index is 0.0461. The SMILES string of the molecule is CCN(Cc1ccncc1)C(=O)c1cnc(N)c(/C(=N/N)N(N)c2cccc(F)c2F)c1. The molecule has 3 rings (SSSR count). The predicted octanol–water partition coefficient (Wildman–Crippen LogP) is 2.00. The van der Waals surface area contributed by atoms with E-state index in [2.05, 4.69) is 15.1 Å². The van der Waals surface area contributed by atoms with Crippen molar-refractivity contribution in [3.05, 3.63) is 83.3 Å². The molecular formula is C21H22F2N8O. The van der Waals surface area contributed by atoms with E-state index in [0.29, 0.717) is 13.1 Å². The van der Waals surface area contributed by atoms with Crippen LogP contribution >= 0.6 is 0 Å². The van der Waals surface area contributed by atoms with Crippen LogP contribution in [-0.2, 0) is 6.54 Å². The number of hydrogen-bond acceptors (Lipinski definition) is 7. The van der Waals surface area contributed by atoms with Gasteiger partial charge in [-0.2, -0.15) is 5.10 Å². The lowest BCUT2D eigenvalue weighted by Crippen LogP contribution is -2.40. The Hall–Kier alpha value is -4.12. The number of hydrazone groups is 1. The van der Waals surface area contributed by atoms with E-state index in [1.54, 1.807) is 17.3 Å². The molecule has 1 aromatic carbocycles. The minimum Gasteiger partial charge on any atom is -0.383 e. The molecule has 3 aromatic rings. The molecule has 11 heteroatoms. The zero-order valence-corrected chi connectivity index (χ0v) is 17.2. The molecule has 0 atom stereocenters. The first-order valence-electron chi connectivity index (χ1n) is 9.58. The Balaban J connectivity index is 1.94. The maximum Gasteiger partial charge on any atom is 0.255 e. The van der Waals surface area contributed by atoms with Gasteiger partial charge in [-0.25, -0.2) is 19.6 Å². The maximum absolute atomic E-state index is 14.2. The van der Waals surface area contributed by atoms with E-state index in [9.17, 15) is 13.6 Å². The normalized spacial score (nSPS) is 11.3. The summed E-state index contributed by atoms with van der Waals surface area (Å²) in [7, 11) is 0. The Kier molecular flexibility index (Phi) is 6.90. The molecule has 9 nitrogen and oxygen atoms in total. The number of rotatable bonds is 6. The van der Waals surface area contributed by atoms with Crippen LogP contribution in [0.5, 0.6) is 0 Å². The van der Waals surface area contributed by atoms with Gasteiger partial charge in [-0.1, -0.05) is 6.07 Å². The lowest BCUT2D eigenvalue weighted by atomic mass is 10.1. The first-order chi connectivity index (χ1) is 15.4. The van der Waals surface area contributed by atoms with Crippen LogP contribution in [0.1, 0.15) is 28.4 Å². The summed E-state index contributed by atoms with van der Waals surface area (Å²) in [5.41, 5.74) is 6.81. The van der Waals surface area contributed by atoms with Crippen molar-refractivity contribution in [3.8, 4) is 0 Å². The van der Waals surface area contributed by atoms with Gasteiger partial charge in [0.1, 0.15) is 5.82 Å². The number of anilines is 2. The number of nitrogens with two attached hydrogens (primary N) is 3. The summed E-state index contributed by atoms with van der Waals surface area (Å²) in [6.45, 7) is 2.62. The maximum atomic E-state index is 14.2. The summed E-state index contributed by atoms with van der Waals surface area (Å²) < 4.78 is 27.9. The summed E-state index contributed by atoms with van der Waals surface area (Å²) in [6.07, 6.45) is 4.60. The standard InChI is InChI=1S/C21H22F2N8O/c1-2-30(12-13-6-8-27-9-7-13)21(32)14-10-15(19(24)28-11-14)20(29-25)31(26)17-5-3-4-16(22)18(17)23/h3-11H,2,12,25-26H2,1H3,(H2,24,28)/b29-20-. The molecule has 0 saturated carbocycles. The second-order valence-corrected chi connectivity index (χ2v) is 6.73. The van der Waals surface area contributed by atoms with Gasteiger partial charge in [0.05, 0.1) is 16.8 Å². The molecule has 0 bridgehead atoms. The first-order valence-corrected chi connectivity index (χ1v) is 9.58. The van der Waals surface area contributed by atoms with Crippen molar-refractivity contribution in [2.24, 2.45) is 16.8 Å². The van der Waals surface area contributed by atoms with Crippen molar-refractivity contribution in [1.82, 2.24) is 14.9 Å². The highest BCUT2D eigenvalue weighted by molar-refractivity contribution is 6.12. The van der Waals surface area contributed by atoms with Crippen molar-refractivity contribution in [2.75, 3.05) is 17.3 Å². The van der Waals surface area contributed by atoms with Crippen LogP contribution in [0, 0.1) is 11.6 Å². The zero-order valence-electron chi connectivity index (χ0n) is 17.2. The molecule has 1 amide bonds. The summed E-state index contributed by atoms with van der Waals surface area (Å²) in [6, 6.07) is 8.49. The number of pyridine rings is 2. The van der Waals surface area contributed by atoms with Crippen molar-refractivity contribution in [2.45, 2.75) is 13.5 Å². The highest BCUT2D eigenvalue weighted by Gasteiger charge is 2.23. The van der Waals surface area contributed by atoms with E-state index < -0.39 is 11.6 Å². The highest BCUT2D eigenvalue weighted by Crippen LogP contribution is 2.23. The van der Waals surface area contributed by atoms with Crippen LogP contribution in [0.25, 0.3) is 0 Å². The number of halogens is 2. The molecule has 0 aliphatic carbocycles. The molecule has 2 heterocycles. The molecule has 0 saturated heterocycles. The highest BCUT2D eigenvalue weighted by atomic mass is 19.2. The quantitative estimate of drug-likeness (QED) is 0.230. The molecule has 0 fully saturated rings. The Morgan fingerprint density at radius 2 is 1.91 bits per heavy atom. The van der Waals surface area contributed by atoms with Gasteiger partial charge < -0.3 is 16.5 Å². The van der Waals surface area contributed by atoms with Crippen LogP contribution < -0.4 is 22.4 Å². The Bertz CT molecular complexity index is 1140. The van der Waals surface area contributed by atoms with Gasteiger partial charge in [-0.15, -0.1) is 0 Å². The van der Waals surface area contributed by atoms with Crippen LogP contribution in [0.15, 0.2) is 60.1 Å². The van der Waals surface area contributed by atoms with E-state index in [1.165, 1.54) is 24.4 Å². The summed E-state index contributed by atoms with van der Waals surface area (Å²) in [5.74, 6) is 8.58. The van der Waals surface area contributed by atoms with Crippen LogP contribution in [0.2, 0.25) is 0 Å². The third-order valence-electron chi connectivity index (χ3n) is 4.74. The van der Waals surface area contributed by atoms with Crippen LogP contribution in [0.4, 0.5) is 20.3 Å². The summed E-state index contributed by atoms with van der Waals surface area (Å²) in [4.78, 5) is 22.7. The van der Waals surface area contributed by atoms with Gasteiger partial charge in [0, 0.05) is 31.7 Å². The Morgan fingerprint density at radius 1 is 1.19 bits per heavy atom. The van der Waals surface area contributed by atoms with Gasteiger partial charge in [0.2, 0.25) is 0 Å². The van der Waals surface area contributed by atoms with Crippen molar-refractivity contribution >= 4 is 23.2 Å². The second kappa shape index (κ2) is 9.79. The molecule has 32 heavy (non-hydrogen) atoms. The van der Waals surface area contributed by atoms with E-state index in [0.717, 1.165) is 16.6 Å². The van der Waals surface area contributed by atoms with Crippen molar-refractivity contribution < 1.29 is 13.6 Å². The van der Waals surface area contributed by atoms with Crippen LogP contribution in [0.3, 0.4) is 0 Å². The van der Waals surface area contributed by atoms with E-state index >= 15 is 0 Å². The number of hydrogen-bond donors (Lipinski definition) is 3. The smallest absolute Gasteiger partial charge is 0.255 e. The molecule has 0 radical (unpaired) electrons. The molecule has 6 N–H and O–H groups in total.